The van der Waals surface area contributed by atoms with Crippen molar-refractivity contribution in [1.29, 1.82) is 0 Å². The SMILES string of the molecule is CCCC1C(=O)NC(=O)CC12C1CC3CC(C1)CC2C3. The summed E-state index contributed by atoms with van der Waals surface area (Å²) in [4.78, 5) is 24.5. The molecule has 1 saturated heterocycles. The normalized spacial score (nSPS) is 49.8. The van der Waals surface area contributed by atoms with Gasteiger partial charge in [-0.15, -0.1) is 0 Å². The van der Waals surface area contributed by atoms with E-state index in [4.69, 9.17) is 0 Å². The molecular formula is C17H25NO2. The minimum atomic E-state index is -0.00479. The lowest BCUT2D eigenvalue weighted by Gasteiger charge is -2.64. The highest BCUT2D eigenvalue weighted by molar-refractivity contribution is 5.99. The fraction of sp³-hybridized carbons (Fsp3) is 0.882. The number of carbonyl (C=O) groups is 2. The first-order valence-corrected chi connectivity index (χ1v) is 8.47. The van der Waals surface area contributed by atoms with E-state index in [9.17, 15) is 9.59 Å². The highest BCUT2D eigenvalue weighted by atomic mass is 16.2. The van der Waals surface area contributed by atoms with E-state index in [1.165, 1.54) is 32.1 Å². The molecule has 1 atom stereocenters. The molecule has 4 saturated carbocycles. The molecule has 1 spiro atoms. The first kappa shape index (κ1) is 12.8. The standard InChI is InChI=1S/C17H25NO2/c1-2-3-14-16(20)18-15(19)9-17(14)12-5-10-4-11(7-12)8-13(17)6-10/h10-14H,2-9H2,1H3,(H,18,19,20). The molecule has 1 aliphatic heterocycles. The fourth-order valence-electron chi connectivity index (χ4n) is 6.52. The van der Waals surface area contributed by atoms with Crippen molar-refractivity contribution in [3.63, 3.8) is 0 Å². The number of hydrogen-bond donors (Lipinski definition) is 1. The van der Waals surface area contributed by atoms with E-state index in [1.807, 2.05) is 0 Å². The van der Waals surface area contributed by atoms with Crippen LogP contribution in [-0.4, -0.2) is 11.8 Å². The zero-order valence-electron chi connectivity index (χ0n) is 12.4. The maximum absolute atomic E-state index is 12.5. The van der Waals surface area contributed by atoms with E-state index in [2.05, 4.69) is 12.2 Å². The number of hydrogen-bond acceptors (Lipinski definition) is 2. The topological polar surface area (TPSA) is 46.2 Å². The Hall–Kier alpha value is -0.860. The Labute approximate surface area is 120 Å². The molecule has 0 radical (unpaired) electrons. The molecule has 4 aliphatic carbocycles. The Morgan fingerprint density at radius 2 is 1.65 bits per heavy atom. The van der Waals surface area contributed by atoms with Gasteiger partial charge in [0.25, 0.3) is 0 Å². The molecule has 1 N–H and O–H groups in total. The van der Waals surface area contributed by atoms with E-state index in [1.54, 1.807) is 0 Å². The molecule has 5 rings (SSSR count). The van der Waals surface area contributed by atoms with Gasteiger partial charge in [0.2, 0.25) is 11.8 Å². The Kier molecular flexibility index (Phi) is 2.77. The third-order valence-electron chi connectivity index (χ3n) is 6.93. The summed E-state index contributed by atoms with van der Waals surface area (Å²) in [5, 5.41) is 2.62. The van der Waals surface area contributed by atoms with Gasteiger partial charge in [-0.1, -0.05) is 13.3 Å². The first-order valence-electron chi connectivity index (χ1n) is 8.47. The number of amides is 2. The first-order chi connectivity index (χ1) is 9.63. The summed E-state index contributed by atoms with van der Waals surface area (Å²) in [6.07, 6.45) is 9.19. The second kappa shape index (κ2) is 4.32. The van der Waals surface area contributed by atoms with Crippen LogP contribution in [-0.2, 0) is 9.59 Å². The molecule has 5 fully saturated rings. The summed E-state index contributed by atoms with van der Waals surface area (Å²) in [6, 6.07) is 0. The van der Waals surface area contributed by atoms with Crippen LogP contribution < -0.4 is 5.32 Å². The lowest BCUT2D eigenvalue weighted by Crippen LogP contribution is -2.63. The van der Waals surface area contributed by atoms with Crippen LogP contribution in [0.4, 0.5) is 0 Å². The highest BCUT2D eigenvalue weighted by Crippen LogP contribution is 2.67. The predicted molar refractivity (Wildman–Crippen MR) is 75.6 cm³/mol. The van der Waals surface area contributed by atoms with Crippen LogP contribution in [0.3, 0.4) is 0 Å². The van der Waals surface area contributed by atoms with Crippen LogP contribution in [0, 0.1) is 35.0 Å². The molecule has 4 bridgehead atoms. The van der Waals surface area contributed by atoms with Gasteiger partial charge in [-0.3, -0.25) is 14.9 Å². The lowest BCUT2D eigenvalue weighted by atomic mass is 9.40. The molecule has 20 heavy (non-hydrogen) atoms. The molecule has 0 aromatic heterocycles. The Bertz CT molecular complexity index is 428. The van der Waals surface area contributed by atoms with Crippen LogP contribution in [0.5, 0.6) is 0 Å². The minimum Gasteiger partial charge on any atom is -0.296 e. The van der Waals surface area contributed by atoms with E-state index < -0.39 is 0 Å². The van der Waals surface area contributed by atoms with Gasteiger partial charge in [0.05, 0.1) is 0 Å². The Morgan fingerprint density at radius 1 is 1.05 bits per heavy atom. The van der Waals surface area contributed by atoms with E-state index in [0.717, 1.165) is 24.7 Å². The van der Waals surface area contributed by atoms with Gasteiger partial charge in [-0.25, -0.2) is 0 Å². The van der Waals surface area contributed by atoms with Crippen molar-refractivity contribution < 1.29 is 9.59 Å². The summed E-state index contributed by atoms with van der Waals surface area (Å²) < 4.78 is 0. The zero-order chi connectivity index (χ0) is 13.9. The summed E-state index contributed by atoms with van der Waals surface area (Å²) in [7, 11) is 0. The van der Waals surface area contributed by atoms with Crippen molar-refractivity contribution in [2.45, 2.75) is 58.3 Å². The van der Waals surface area contributed by atoms with E-state index in [-0.39, 0.29) is 23.1 Å². The van der Waals surface area contributed by atoms with Crippen LogP contribution in [0.15, 0.2) is 0 Å². The summed E-state index contributed by atoms with van der Waals surface area (Å²) in [5.41, 5.74) is 0.0306. The minimum absolute atomic E-state index is 0.00479. The largest absolute Gasteiger partial charge is 0.296 e. The van der Waals surface area contributed by atoms with Crippen LogP contribution >= 0.6 is 0 Å². The molecular weight excluding hydrogens is 250 g/mol. The summed E-state index contributed by atoms with van der Waals surface area (Å²) >= 11 is 0. The molecule has 1 heterocycles. The van der Waals surface area contributed by atoms with Crippen molar-refractivity contribution in [2.75, 3.05) is 0 Å². The molecule has 2 amide bonds. The van der Waals surface area contributed by atoms with Crippen molar-refractivity contribution in [3.8, 4) is 0 Å². The molecule has 110 valence electrons. The van der Waals surface area contributed by atoms with E-state index >= 15 is 0 Å². The molecule has 5 aliphatic rings. The number of imide groups is 1. The second-order valence-electron chi connectivity index (χ2n) is 7.85. The molecule has 1 unspecified atom stereocenters. The van der Waals surface area contributed by atoms with Crippen LogP contribution in [0.1, 0.15) is 58.3 Å². The van der Waals surface area contributed by atoms with Crippen molar-refractivity contribution in [3.05, 3.63) is 0 Å². The second-order valence-corrected chi connectivity index (χ2v) is 7.85. The maximum Gasteiger partial charge on any atom is 0.230 e. The van der Waals surface area contributed by atoms with Gasteiger partial charge >= 0.3 is 0 Å². The summed E-state index contributed by atoms with van der Waals surface area (Å²) in [6.45, 7) is 2.16. The lowest BCUT2D eigenvalue weighted by molar-refractivity contribution is -0.177. The van der Waals surface area contributed by atoms with Gasteiger partial charge in [0.1, 0.15) is 0 Å². The van der Waals surface area contributed by atoms with Crippen molar-refractivity contribution in [1.82, 2.24) is 5.32 Å². The molecule has 0 aromatic carbocycles. The monoisotopic (exact) mass is 275 g/mol. The van der Waals surface area contributed by atoms with Gasteiger partial charge in [0.15, 0.2) is 0 Å². The maximum atomic E-state index is 12.5. The van der Waals surface area contributed by atoms with Gasteiger partial charge in [-0.2, -0.15) is 0 Å². The quantitative estimate of drug-likeness (QED) is 0.788. The average Bonchev–Trinajstić information content (AvgIpc) is 2.39. The smallest absolute Gasteiger partial charge is 0.230 e. The number of rotatable bonds is 2. The predicted octanol–water partition coefficient (Wildman–Crippen LogP) is 2.89. The number of carbonyl (C=O) groups excluding carboxylic acids is 2. The van der Waals surface area contributed by atoms with Crippen molar-refractivity contribution >= 4 is 11.8 Å². The molecule has 3 heteroatoms. The van der Waals surface area contributed by atoms with Crippen LogP contribution in [0.25, 0.3) is 0 Å². The zero-order valence-corrected chi connectivity index (χ0v) is 12.4. The third-order valence-corrected chi connectivity index (χ3v) is 6.93. The number of nitrogens with one attached hydrogen (secondary N) is 1. The number of piperidine rings is 1. The van der Waals surface area contributed by atoms with Gasteiger partial charge < -0.3 is 0 Å². The average molecular weight is 275 g/mol. The van der Waals surface area contributed by atoms with Crippen LogP contribution in [0.2, 0.25) is 0 Å². The fourth-order valence-corrected chi connectivity index (χ4v) is 6.52. The Balaban J connectivity index is 1.75. The highest BCUT2D eigenvalue weighted by Gasteiger charge is 2.63. The molecule has 0 aromatic rings. The van der Waals surface area contributed by atoms with E-state index in [0.29, 0.717) is 18.3 Å². The Morgan fingerprint density at radius 3 is 2.20 bits per heavy atom. The summed E-state index contributed by atoms with van der Waals surface area (Å²) in [5.74, 6) is 3.21. The van der Waals surface area contributed by atoms with Crippen molar-refractivity contribution in [2.24, 2.45) is 35.0 Å². The van der Waals surface area contributed by atoms with Gasteiger partial charge in [-0.05, 0) is 67.6 Å². The van der Waals surface area contributed by atoms with Gasteiger partial charge in [0, 0.05) is 12.3 Å². The third kappa shape index (κ3) is 1.58. The molecule has 3 nitrogen and oxygen atoms in total.